The third-order valence-corrected chi connectivity index (χ3v) is 7.10. The molecule has 4 saturated carbocycles. The van der Waals surface area contributed by atoms with Crippen LogP contribution in [0.5, 0.6) is 0 Å². The van der Waals surface area contributed by atoms with E-state index in [9.17, 15) is 18.4 Å². The van der Waals surface area contributed by atoms with E-state index in [2.05, 4.69) is 14.1 Å². The molecule has 0 aromatic rings. The largest absolute Gasteiger partial charge is 0.459 e. The molecule has 4 aliphatic rings. The molecular formula is C18H26F2O7S. The van der Waals surface area contributed by atoms with Crippen LogP contribution in [0.25, 0.3) is 0 Å². The Kier molecular flexibility index (Phi) is 5.97. The summed E-state index contributed by atoms with van der Waals surface area (Å²) >= 11 is -0.707. The van der Waals surface area contributed by atoms with Gasteiger partial charge in [-0.2, -0.15) is 8.78 Å². The molecule has 28 heavy (non-hydrogen) atoms. The van der Waals surface area contributed by atoms with Gasteiger partial charge in [0, 0.05) is 0 Å². The van der Waals surface area contributed by atoms with Crippen LogP contribution in [0.15, 0.2) is 0 Å². The van der Waals surface area contributed by atoms with E-state index >= 15 is 0 Å². The van der Waals surface area contributed by atoms with Crippen LogP contribution < -0.4 is 0 Å². The summed E-state index contributed by atoms with van der Waals surface area (Å²) in [4.78, 5) is 24.3. The minimum absolute atomic E-state index is 0.322. The Hall–Kier alpha value is -0.970. The van der Waals surface area contributed by atoms with E-state index in [1.54, 1.807) is 0 Å². The molecule has 0 aromatic heterocycles. The normalized spacial score (nSPS) is 34.4. The molecule has 0 saturated heterocycles. The number of hydrogen-bond donors (Lipinski definition) is 1. The van der Waals surface area contributed by atoms with Crippen LogP contribution in [-0.4, -0.2) is 34.7 Å². The van der Waals surface area contributed by atoms with E-state index in [4.69, 9.17) is 9.99 Å². The molecule has 1 N–H and O–H groups in total. The highest BCUT2D eigenvalue weighted by Crippen LogP contribution is 2.59. The summed E-state index contributed by atoms with van der Waals surface area (Å²) in [5, 5.41) is 6.87. The van der Waals surface area contributed by atoms with Crippen molar-refractivity contribution in [2.75, 3.05) is 6.61 Å². The van der Waals surface area contributed by atoms with Crippen LogP contribution in [0, 0.1) is 29.1 Å². The van der Waals surface area contributed by atoms with Gasteiger partial charge in [0.05, 0.1) is 5.41 Å². The Balaban J connectivity index is 1.58. The maximum Gasteiger partial charge on any atom is 0.415 e. The van der Waals surface area contributed by atoms with Gasteiger partial charge in [0.25, 0.3) is 0 Å². The fraction of sp³-hybridized carbons (Fsp3) is 0.889. The molecule has 10 heteroatoms. The first-order chi connectivity index (χ1) is 13.0. The fourth-order valence-corrected chi connectivity index (χ4v) is 5.35. The van der Waals surface area contributed by atoms with Crippen molar-refractivity contribution in [3.8, 4) is 0 Å². The van der Waals surface area contributed by atoms with Gasteiger partial charge in [0.2, 0.25) is 0 Å². The first-order valence-corrected chi connectivity index (χ1v) is 10.2. The van der Waals surface area contributed by atoms with Crippen LogP contribution in [0.4, 0.5) is 8.78 Å². The zero-order valence-electron chi connectivity index (χ0n) is 16.1. The van der Waals surface area contributed by atoms with Crippen molar-refractivity contribution < 1.29 is 42.5 Å². The molecule has 4 aliphatic carbocycles. The van der Waals surface area contributed by atoms with Gasteiger partial charge in [-0.1, -0.05) is 5.04 Å². The summed E-state index contributed by atoms with van der Waals surface area (Å²) in [5.41, 5.74) is -1.85. The van der Waals surface area contributed by atoms with E-state index in [-0.39, 0.29) is 0 Å². The number of hydrogen-bond acceptors (Lipinski definition) is 8. The lowest BCUT2D eigenvalue weighted by molar-refractivity contribution is -0.433. The standard InChI is InChI=1S/C18H26F2O7S/c1-16(2,9-24-15(22)18(19,20)28-27-26-23)14(21)25-17(3)12-5-10-4-11(7-12)8-13(17)6-10/h10-13,23H,4-9H2,1-3H3. The first-order valence-electron chi connectivity index (χ1n) is 9.42. The average molecular weight is 424 g/mol. The molecule has 0 spiro atoms. The number of rotatable bonds is 8. The van der Waals surface area contributed by atoms with Crippen LogP contribution in [0.1, 0.15) is 52.9 Å². The monoisotopic (exact) mass is 424 g/mol. The first kappa shape index (κ1) is 21.7. The second-order valence-electron chi connectivity index (χ2n) is 9.08. The molecule has 0 unspecified atom stereocenters. The van der Waals surface area contributed by atoms with Crippen LogP contribution >= 0.6 is 12.0 Å². The molecule has 7 nitrogen and oxygen atoms in total. The molecule has 0 heterocycles. The molecule has 0 atom stereocenters. The molecule has 4 rings (SSSR count). The number of esters is 2. The van der Waals surface area contributed by atoms with Crippen molar-refractivity contribution in [1.82, 2.24) is 0 Å². The van der Waals surface area contributed by atoms with Crippen molar-refractivity contribution in [2.45, 2.75) is 63.7 Å². The number of carbonyl (C=O) groups excluding carboxylic acids is 2. The number of carbonyl (C=O) groups is 2. The van der Waals surface area contributed by atoms with Gasteiger partial charge in [0.1, 0.15) is 24.3 Å². The summed E-state index contributed by atoms with van der Waals surface area (Å²) in [6.07, 6.45) is 5.51. The van der Waals surface area contributed by atoms with Gasteiger partial charge in [-0.15, -0.1) is 4.33 Å². The lowest BCUT2D eigenvalue weighted by Crippen LogP contribution is -2.59. The Labute approximate surface area is 166 Å². The van der Waals surface area contributed by atoms with Gasteiger partial charge in [-0.05, 0) is 76.5 Å². The SMILES string of the molecule is CC(C)(COC(=O)C(F)(F)SOOO)C(=O)OC1(C)C2CC3CC(C2)CC1C3. The summed E-state index contributed by atoms with van der Waals surface area (Å²) in [6, 6.07) is 0. The van der Waals surface area contributed by atoms with Crippen LogP contribution in [-0.2, 0) is 28.4 Å². The Morgan fingerprint density at radius 1 is 1.07 bits per heavy atom. The lowest BCUT2D eigenvalue weighted by Gasteiger charge is -2.59. The van der Waals surface area contributed by atoms with Crippen molar-refractivity contribution in [3.05, 3.63) is 0 Å². The lowest BCUT2D eigenvalue weighted by atomic mass is 9.50. The van der Waals surface area contributed by atoms with E-state index in [0.29, 0.717) is 23.7 Å². The number of ether oxygens (including phenoxy) is 2. The van der Waals surface area contributed by atoms with Gasteiger partial charge in [0.15, 0.2) is 0 Å². The molecule has 4 fully saturated rings. The average Bonchev–Trinajstić information content (AvgIpc) is 2.62. The highest BCUT2D eigenvalue weighted by atomic mass is 32.2. The molecule has 160 valence electrons. The molecule has 0 amide bonds. The van der Waals surface area contributed by atoms with Crippen molar-refractivity contribution in [1.29, 1.82) is 0 Å². The van der Waals surface area contributed by atoms with E-state index in [0.717, 1.165) is 25.7 Å². The van der Waals surface area contributed by atoms with Gasteiger partial charge >= 0.3 is 17.2 Å². The molecule has 0 radical (unpaired) electrons. The maximum absolute atomic E-state index is 13.5. The van der Waals surface area contributed by atoms with E-state index < -0.39 is 46.9 Å². The van der Waals surface area contributed by atoms with E-state index in [1.165, 1.54) is 20.3 Å². The summed E-state index contributed by atoms with van der Waals surface area (Å²) in [7, 11) is 0. The summed E-state index contributed by atoms with van der Waals surface area (Å²) in [6.45, 7) is 4.38. The number of alkyl halides is 2. The third-order valence-electron chi connectivity index (χ3n) is 6.60. The zero-order chi connectivity index (χ0) is 20.7. The minimum atomic E-state index is -4.10. The highest BCUT2D eigenvalue weighted by Gasteiger charge is 2.58. The van der Waals surface area contributed by atoms with Crippen molar-refractivity contribution in [2.24, 2.45) is 29.1 Å². The van der Waals surface area contributed by atoms with Crippen molar-refractivity contribution in [3.63, 3.8) is 0 Å². The molecule has 0 aliphatic heterocycles. The topological polar surface area (TPSA) is 91.3 Å². The Morgan fingerprint density at radius 2 is 1.61 bits per heavy atom. The molecule has 4 bridgehead atoms. The Morgan fingerprint density at radius 3 is 2.11 bits per heavy atom. The molecular weight excluding hydrogens is 398 g/mol. The number of halogens is 2. The van der Waals surface area contributed by atoms with Crippen LogP contribution in [0.2, 0.25) is 0 Å². The predicted octanol–water partition coefficient (Wildman–Crippen LogP) is 3.98. The smallest absolute Gasteiger partial charge is 0.415 e. The second kappa shape index (κ2) is 7.70. The molecule has 0 aromatic carbocycles. The fourth-order valence-electron chi connectivity index (χ4n) is 5.11. The van der Waals surface area contributed by atoms with Crippen LogP contribution in [0.3, 0.4) is 0 Å². The minimum Gasteiger partial charge on any atom is -0.459 e. The van der Waals surface area contributed by atoms with E-state index in [1.807, 2.05) is 6.92 Å². The van der Waals surface area contributed by atoms with Gasteiger partial charge in [-0.25, -0.2) is 10.1 Å². The summed E-state index contributed by atoms with van der Waals surface area (Å²) in [5.74, 6) is -0.400. The Bertz CT molecular complexity index is 597. The van der Waals surface area contributed by atoms with Gasteiger partial charge in [-0.3, -0.25) is 4.79 Å². The quantitative estimate of drug-likeness (QED) is 0.271. The summed E-state index contributed by atoms with van der Waals surface area (Å²) < 4.78 is 41.1. The maximum atomic E-state index is 13.5. The van der Waals surface area contributed by atoms with Gasteiger partial charge < -0.3 is 9.47 Å². The third kappa shape index (κ3) is 4.15. The zero-order valence-corrected chi connectivity index (χ0v) is 16.9. The highest BCUT2D eigenvalue weighted by molar-refractivity contribution is 7.96. The predicted molar refractivity (Wildman–Crippen MR) is 93.6 cm³/mol. The van der Waals surface area contributed by atoms with Crippen molar-refractivity contribution >= 4 is 24.0 Å². The second-order valence-corrected chi connectivity index (χ2v) is 9.90.